The third-order valence-electron chi connectivity index (χ3n) is 6.27. The van der Waals surface area contributed by atoms with Gasteiger partial charge in [-0.3, -0.25) is 14.5 Å². The van der Waals surface area contributed by atoms with E-state index in [9.17, 15) is 14.7 Å². The van der Waals surface area contributed by atoms with Gasteiger partial charge in [0.15, 0.2) is 0 Å². The highest BCUT2D eigenvalue weighted by Gasteiger charge is 2.37. The molecule has 3 N–H and O–H groups in total. The molecule has 2 saturated heterocycles. The molecule has 3 heterocycles. The molecule has 3 atom stereocenters. The van der Waals surface area contributed by atoms with Gasteiger partial charge in [0.25, 0.3) is 0 Å². The van der Waals surface area contributed by atoms with Gasteiger partial charge in [0.05, 0.1) is 34.8 Å². The molecular weight excluding hydrogens is 426 g/mol. The number of hydrogen-bond donors (Lipinski definition) is 3. The maximum atomic E-state index is 12.9. The first-order valence-electron chi connectivity index (χ1n) is 11.1. The second-order valence-electron chi connectivity index (χ2n) is 8.65. The summed E-state index contributed by atoms with van der Waals surface area (Å²) in [5, 5.41) is 16.3. The Labute approximate surface area is 192 Å². The number of carbonyl (C=O) groups is 2. The number of aromatic nitrogens is 1. The van der Waals surface area contributed by atoms with Crippen LogP contribution in [0.5, 0.6) is 0 Å². The van der Waals surface area contributed by atoms with Gasteiger partial charge in [-0.05, 0) is 31.4 Å². The van der Waals surface area contributed by atoms with E-state index in [4.69, 9.17) is 0 Å². The molecule has 3 unspecified atom stereocenters. The zero-order valence-corrected chi connectivity index (χ0v) is 19.4. The van der Waals surface area contributed by atoms with Crippen molar-refractivity contribution in [3.8, 4) is 10.4 Å². The Bertz CT molecular complexity index is 947. The van der Waals surface area contributed by atoms with Crippen molar-refractivity contribution in [3.05, 3.63) is 41.0 Å². The van der Waals surface area contributed by atoms with Crippen molar-refractivity contribution >= 4 is 23.2 Å². The van der Waals surface area contributed by atoms with Gasteiger partial charge in [-0.15, -0.1) is 11.3 Å². The highest BCUT2D eigenvalue weighted by Crippen LogP contribution is 2.27. The Morgan fingerprint density at radius 1 is 1.38 bits per heavy atom. The van der Waals surface area contributed by atoms with E-state index >= 15 is 0 Å². The van der Waals surface area contributed by atoms with Crippen LogP contribution in [0.4, 0.5) is 0 Å². The third kappa shape index (κ3) is 5.17. The molecule has 2 aliphatic rings. The number of piperazine rings is 1. The second-order valence-corrected chi connectivity index (χ2v) is 9.51. The van der Waals surface area contributed by atoms with Crippen LogP contribution in [0.3, 0.4) is 0 Å². The fraction of sp³-hybridized carbons (Fsp3) is 0.522. The third-order valence-corrected chi connectivity index (χ3v) is 7.25. The largest absolute Gasteiger partial charge is 0.392 e. The number of aryl methyl sites for hydroxylation is 1. The van der Waals surface area contributed by atoms with Crippen LogP contribution in [0.2, 0.25) is 0 Å². The van der Waals surface area contributed by atoms with Gasteiger partial charge < -0.3 is 20.6 Å². The number of amides is 2. The number of rotatable bonds is 7. The average Bonchev–Trinajstić information content (AvgIpc) is 3.37. The molecule has 0 bridgehead atoms. The molecule has 0 saturated carbocycles. The van der Waals surface area contributed by atoms with Crippen molar-refractivity contribution in [2.24, 2.45) is 0 Å². The molecule has 4 rings (SSSR count). The first kappa shape index (κ1) is 22.8. The Balaban J connectivity index is 1.33. The molecule has 1 aromatic heterocycles. The first-order chi connectivity index (χ1) is 15.4. The minimum atomic E-state index is -0.529. The molecule has 32 heavy (non-hydrogen) atoms. The number of nitrogens with zero attached hydrogens (tertiary/aromatic N) is 3. The van der Waals surface area contributed by atoms with Crippen LogP contribution in [0.15, 0.2) is 29.8 Å². The number of nitrogens with one attached hydrogen (secondary N) is 2. The van der Waals surface area contributed by atoms with Gasteiger partial charge in [-0.2, -0.15) is 0 Å². The molecule has 2 aliphatic heterocycles. The summed E-state index contributed by atoms with van der Waals surface area (Å²) < 4.78 is 0. The van der Waals surface area contributed by atoms with E-state index in [1.807, 2.05) is 41.3 Å². The maximum Gasteiger partial charge on any atom is 0.237 e. The average molecular weight is 458 g/mol. The Morgan fingerprint density at radius 2 is 2.16 bits per heavy atom. The molecule has 2 fully saturated rings. The zero-order valence-electron chi connectivity index (χ0n) is 18.6. The minimum Gasteiger partial charge on any atom is -0.392 e. The van der Waals surface area contributed by atoms with E-state index in [1.54, 1.807) is 11.3 Å². The quantitative estimate of drug-likeness (QED) is 0.574. The summed E-state index contributed by atoms with van der Waals surface area (Å²) in [6.45, 7) is 7.28. The van der Waals surface area contributed by atoms with Crippen molar-refractivity contribution < 1.29 is 14.7 Å². The molecule has 9 heteroatoms. The van der Waals surface area contributed by atoms with Crippen LogP contribution in [0, 0.1) is 6.92 Å². The Morgan fingerprint density at radius 3 is 2.84 bits per heavy atom. The van der Waals surface area contributed by atoms with E-state index < -0.39 is 6.10 Å². The van der Waals surface area contributed by atoms with Gasteiger partial charge >= 0.3 is 0 Å². The molecule has 172 valence electrons. The predicted molar refractivity (Wildman–Crippen MR) is 124 cm³/mol. The second kappa shape index (κ2) is 10.1. The predicted octanol–water partition coefficient (Wildman–Crippen LogP) is 0.990. The smallest absolute Gasteiger partial charge is 0.237 e. The van der Waals surface area contributed by atoms with E-state index in [2.05, 4.69) is 27.8 Å². The van der Waals surface area contributed by atoms with Crippen molar-refractivity contribution in [2.75, 3.05) is 32.7 Å². The molecule has 0 spiro atoms. The van der Waals surface area contributed by atoms with Crippen LogP contribution in [0.1, 0.15) is 24.6 Å². The lowest BCUT2D eigenvalue weighted by Crippen LogP contribution is -2.55. The Hall–Kier alpha value is -2.33. The number of likely N-dealkylation sites (tertiary alicyclic amines) is 1. The highest BCUT2D eigenvalue weighted by atomic mass is 32.1. The van der Waals surface area contributed by atoms with Crippen molar-refractivity contribution in [3.63, 3.8) is 0 Å². The molecule has 0 aliphatic carbocycles. The van der Waals surface area contributed by atoms with Crippen molar-refractivity contribution in [1.29, 1.82) is 0 Å². The van der Waals surface area contributed by atoms with E-state index in [0.29, 0.717) is 39.1 Å². The van der Waals surface area contributed by atoms with E-state index in [1.165, 1.54) is 0 Å². The summed E-state index contributed by atoms with van der Waals surface area (Å²) in [5.74, 6) is 0.00392. The van der Waals surface area contributed by atoms with Gasteiger partial charge in [0.1, 0.15) is 0 Å². The fourth-order valence-electron chi connectivity index (χ4n) is 4.54. The zero-order chi connectivity index (χ0) is 22.7. The lowest BCUT2D eigenvalue weighted by Gasteiger charge is -2.36. The number of β-amino-alcohol motifs (C(OH)–C–C–N with tert-alkyl or cyclic N) is 1. The van der Waals surface area contributed by atoms with Gasteiger partial charge in [0.2, 0.25) is 11.8 Å². The van der Waals surface area contributed by atoms with E-state index in [0.717, 1.165) is 28.2 Å². The highest BCUT2D eigenvalue weighted by molar-refractivity contribution is 7.13. The lowest BCUT2D eigenvalue weighted by atomic mass is 10.1. The summed E-state index contributed by atoms with van der Waals surface area (Å²) in [6.07, 6.45) is -0.115. The number of aliphatic hydroxyl groups is 1. The maximum absolute atomic E-state index is 12.9. The van der Waals surface area contributed by atoms with Crippen LogP contribution in [-0.4, -0.2) is 82.6 Å². The van der Waals surface area contributed by atoms with E-state index in [-0.39, 0.29) is 23.9 Å². The molecule has 0 radical (unpaired) electrons. The molecule has 2 aromatic rings. The standard InChI is InChI=1S/C23H31N5O3S/c1-15(28-8-7-24-11-21(28)30)12-27-13-19(29)9-20(27)23(31)25-10-17-3-5-18(6-4-17)22-16(2)26-14-32-22/h3-6,14-15,19-20,24,29H,7-13H2,1-2H3,(H,25,31). The molecular formula is C23H31N5O3S. The topological polar surface area (TPSA) is 97.8 Å². The van der Waals surface area contributed by atoms with Crippen LogP contribution >= 0.6 is 11.3 Å². The fourth-order valence-corrected chi connectivity index (χ4v) is 5.35. The number of benzene rings is 1. The van der Waals surface area contributed by atoms with Crippen molar-refractivity contribution in [2.45, 2.75) is 45.0 Å². The molecule has 8 nitrogen and oxygen atoms in total. The summed E-state index contributed by atoms with van der Waals surface area (Å²) >= 11 is 1.62. The van der Waals surface area contributed by atoms with Crippen molar-refractivity contribution in [1.82, 2.24) is 25.4 Å². The Kier molecular flexibility index (Phi) is 7.20. The number of carbonyl (C=O) groups excluding carboxylic acids is 2. The summed E-state index contributed by atoms with van der Waals surface area (Å²) in [6, 6.07) is 7.76. The lowest BCUT2D eigenvalue weighted by molar-refractivity contribution is -0.134. The van der Waals surface area contributed by atoms with Gasteiger partial charge in [-0.25, -0.2) is 4.98 Å². The SMILES string of the molecule is Cc1ncsc1-c1ccc(CNC(=O)C2CC(O)CN2CC(C)N2CCNCC2=O)cc1. The number of thiazole rings is 1. The summed E-state index contributed by atoms with van der Waals surface area (Å²) in [5.41, 5.74) is 5.02. The first-order valence-corrected chi connectivity index (χ1v) is 12.0. The minimum absolute atomic E-state index is 0.00653. The number of aliphatic hydroxyl groups excluding tert-OH is 1. The van der Waals surface area contributed by atoms with Crippen LogP contribution < -0.4 is 10.6 Å². The summed E-state index contributed by atoms with van der Waals surface area (Å²) in [7, 11) is 0. The van der Waals surface area contributed by atoms with Crippen LogP contribution in [-0.2, 0) is 16.1 Å². The van der Waals surface area contributed by atoms with Gasteiger partial charge in [-0.1, -0.05) is 24.3 Å². The summed E-state index contributed by atoms with van der Waals surface area (Å²) in [4.78, 5) is 34.4. The van der Waals surface area contributed by atoms with Crippen LogP contribution in [0.25, 0.3) is 10.4 Å². The monoisotopic (exact) mass is 457 g/mol. The normalized spacial score (nSPS) is 22.8. The van der Waals surface area contributed by atoms with Gasteiger partial charge in [0, 0.05) is 38.8 Å². The number of hydrogen-bond acceptors (Lipinski definition) is 7. The molecule has 2 amide bonds. The molecule has 1 aromatic carbocycles.